The molecule has 0 atom stereocenters. The van der Waals surface area contributed by atoms with E-state index in [1.165, 1.54) is 5.56 Å². The Bertz CT molecular complexity index is 1040. The number of aryl methyl sites for hydroxylation is 1. The first-order valence-electron chi connectivity index (χ1n) is 11.4. The number of methoxy groups -OCH3 is 2. The fourth-order valence-electron chi connectivity index (χ4n) is 4.10. The largest absolute Gasteiger partial charge is 0.497 e. The highest BCUT2D eigenvalue weighted by Gasteiger charge is 2.21. The van der Waals surface area contributed by atoms with Gasteiger partial charge in [-0.2, -0.15) is 0 Å². The van der Waals surface area contributed by atoms with Crippen molar-refractivity contribution in [2.45, 2.75) is 38.3 Å². The average Bonchev–Trinajstić information content (AvgIpc) is 3.33. The molecule has 7 nitrogen and oxygen atoms in total. The summed E-state index contributed by atoms with van der Waals surface area (Å²) in [5.74, 6) is 2.99. The van der Waals surface area contributed by atoms with Gasteiger partial charge in [-0.15, -0.1) is 0 Å². The van der Waals surface area contributed by atoms with Crippen LogP contribution < -0.4 is 14.8 Å². The van der Waals surface area contributed by atoms with Gasteiger partial charge in [-0.25, -0.2) is 4.98 Å². The normalized spacial score (nSPS) is 14.7. The molecule has 1 N–H and O–H groups in total. The summed E-state index contributed by atoms with van der Waals surface area (Å²) in [6, 6.07) is 16.0. The minimum Gasteiger partial charge on any atom is -0.497 e. The summed E-state index contributed by atoms with van der Waals surface area (Å²) in [7, 11) is 3.33. The van der Waals surface area contributed by atoms with Crippen LogP contribution in [0.25, 0.3) is 11.3 Å². The molecule has 7 heteroatoms. The fourth-order valence-corrected chi connectivity index (χ4v) is 4.10. The standard InChI is InChI=1S/C26H31N3O4/c1-31-22-8-6-20(7-9-22)24-17-27-26(33-24)11-10-25(30)28-21-12-14-29(15-13-21)18-19-4-3-5-23(16-19)32-2/h3-9,16-17,21H,10-15,18H2,1-2H3,(H,28,30). The molecule has 1 amide bonds. The molecule has 3 aromatic rings. The molecule has 0 spiro atoms. The average molecular weight is 450 g/mol. The van der Waals surface area contributed by atoms with Gasteiger partial charge in [0.2, 0.25) is 5.91 Å². The van der Waals surface area contributed by atoms with E-state index in [0.717, 1.165) is 49.5 Å². The number of nitrogens with one attached hydrogen (secondary N) is 1. The van der Waals surface area contributed by atoms with E-state index in [1.54, 1.807) is 20.4 Å². The van der Waals surface area contributed by atoms with E-state index in [9.17, 15) is 4.79 Å². The molecule has 1 aromatic heterocycles. The van der Waals surface area contributed by atoms with Crippen LogP contribution in [-0.2, 0) is 17.8 Å². The predicted molar refractivity (Wildman–Crippen MR) is 126 cm³/mol. The van der Waals surface area contributed by atoms with Crippen molar-refractivity contribution in [3.8, 4) is 22.8 Å². The first-order valence-corrected chi connectivity index (χ1v) is 11.4. The number of amides is 1. The third-order valence-electron chi connectivity index (χ3n) is 5.99. The minimum absolute atomic E-state index is 0.0467. The number of aromatic nitrogens is 1. The van der Waals surface area contributed by atoms with Crippen molar-refractivity contribution in [1.82, 2.24) is 15.2 Å². The summed E-state index contributed by atoms with van der Waals surface area (Å²) in [6.45, 7) is 2.83. The van der Waals surface area contributed by atoms with Crippen molar-refractivity contribution in [3.05, 3.63) is 66.2 Å². The Hall–Kier alpha value is -3.32. The van der Waals surface area contributed by atoms with Gasteiger partial charge >= 0.3 is 0 Å². The van der Waals surface area contributed by atoms with Gasteiger partial charge in [0.25, 0.3) is 0 Å². The lowest BCUT2D eigenvalue weighted by molar-refractivity contribution is -0.122. The van der Waals surface area contributed by atoms with Gasteiger partial charge in [-0.1, -0.05) is 12.1 Å². The molecule has 1 fully saturated rings. The molecule has 2 aromatic carbocycles. The molecule has 2 heterocycles. The van der Waals surface area contributed by atoms with E-state index in [1.807, 2.05) is 36.4 Å². The number of piperidine rings is 1. The zero-order valence-corrected chi connectivity index (χ0v) is 19.3. The smallest absolute Gasteiger partial charge is 0.220 e. The second kappa shape index (κ2) is 11.0. The van der Waals surface area contributed by atoms with Gasteiger partial charge in [0.1, 0.15) is 11.5 Å². The maximum absolute atomic E-state index is 12.5. The summed E-state index contributed by atoms with van der Waals surface area (Å²) >= 11 is 0. The summed E-state index contributed by atoms with van der Waals surface area (Å²) in [4.78, 5) is 19.2. The maximum Gasteiger partial charge on any atom is 0.220 e. The highest BCUT2D eigenvalue weighted by atomic mass is 16.5. The summed E-state index contributed by atoms with van der Waals surface area (Å²) in [5.41, 5.74) is 2.18. The molecule has 1 aliphatic heterocycles. The number of nitrogens with zero attached hydrogens (tertiary/aromatic N) is 2. The number of rotatable bonds is 9. The van der Waals surface area contributed by atoms with Crippen LogP contribution in [0.1, 0.15) is 30.7 Å². The van der Waals surface area contributed by atoms with Crippen LogP contribution in [0.2, 0.25) is 0 Å². The van der Waals surface area contributed by atoms with Crippen molar-refractivity contribution in [3.63, 3.8) is 0 Å². The number of hydrogen-bond acceptors (Lipinski definition) is 6. The zero-order chi connectivity index (χ0) is 23.0. The van der Waals surface area contributed by atoms with Gasteiger partial charge in [-0.05, 0) is 54.8 Å². The Labute approximate surface area is 194 Å². The molecule has 1 saturated heterocycles. The van der Waals surface area contributed by atoms with Gasteiger partial charge in [0, 0.05) is 44.1 Å². The number of ether oxygens (including phenoxy) is 2. The number of hydrogen-bond donors (Lipinski definition) is 1. The molecule has 174 valence electrons. The monoisotopic (exact) mass is 449 g/mol. The first-order chi connectivity index (χ1) is 16.1. The molecule has 0 saturated carbocycles. The molecule has 0 bridgehead atoms. The van der Waals surface area contributed by atoms with Crippen LogP contribution in [0.5, 0.6) is 11.5 Å². The number of carbonyl (C=O) groups is 1. The molecule has 1 aliphatic rings. The zero-order valence-electron chi connectivity index (χ0n) is 19.3. The Morgan fingerprint density at radius 3 is 2.58 bits per heavy atom. The van der Waals surface area contributed by atoms with E-state index in [0.29, 0.717) is 24.5 Å². The lowest BCUT2D eigenvalue weighted by Crippen LogP contribution is -2.44. The molecule has 33 heavy (non-hydrogen) atoms. The third-order valence-corrected chi connectivity index (χ3v) is 5.99. The lowest BCUT2D eigenvalue weighted by Gasteiger charge is -2.32. The van der Waals surface area contributed by atoms with Gasteiger partial charge in [0.05, 0.1) is 20.4 Å². The second-order valence-electron chi connectivity index (χ2n) is 8.32. The predicted octanol–water partition coefficient (Wildman–Crippen LogP) is 4.07. The van der Waals surface area contributed by atoms with Crippen molar-refractivity contribution in [2.24, 2.45) is 0 Å². The van der Waals surface area contributed by atoms with Crippen LogP contribution in [0.15, 0.2) is 59.1 Å². The Morgan fingerprint density at radius 2 is 1.85 bits per heavy atom. The van der Waals surface area contributed by atoms with Crippen LogP contribution in [0, 0.1) is 0 Å². The first kappa shape index (κ1) is 22.9. The van der Waals surface area contributed by atoms with Crippen molar-refractivity contribution in [1.29, 1.82) is 0 Å². The minimum atomic E-state index is 0.0467. The highest BCUT2D eigenvalue weighted by Crippen LogP contribution is 2.23. The number of oxazole rings is 1. The second-order valence-corrected chi connectivity index (χ2v) is 8.32. The Balaban J connectivity index is 1.19. The van der Waals surface area contributed by atoms with Crippen LogP contribution in [0.4, 0.5) is 0 Å². The number of likely N-dealkylation sites (tertiary alicyclic amines) is 1. The van der Waals surface area contributed by atoms with Crippen molar-refractivity contribution in [2.75, 3.05) is 27.3 Å². The molecule has 0 radical (unpaired) electrons. The molecular formula is C26H31N3O4. The van der Waals surface area contributed by atoms with Crippen molar-refractivity contribution < 1.29 is 18.7 Å². The van der Waals surface area contributed by atoms with Crippen LogP contribution in [-0.4, -0.2) is 49.1 Å². The van der Waals surface area contributed by atoms with E-state index in [2.05, 4.69) is 27.3 Å². The van der Waals surface area contributed by atoms with Gasteiger partial charge < -0.3 is 19.2 Å². The number of carbonyl (C=O) groups excluding carboxylic acids is 1. The SMILES string of the molecule is COc1ccc(-c2cnc(CCC(=O)NC3CCN(Cc4cccc(OC)c4)CC3)o2)cc1. The topological polar surface area (TPSA) is 76.8 Å². The third kappa shape index (κ3) is 6.35. The highest BCUT2D eigenvalue weighted by molar-refractivity contribution is 5.76. The fraction of sp³-hybridized carbons (Fsp3) is 0.385. The van der Waals surface area contributed by atoms with Gasteiger partial charge in [0.15, 0.2) is 11.7 Å². The molecule has 4 rings (SSSR count). The summed E-state index contributed by atoms with van der Waals surface area (Å²) in [5, 5.41) is 3.17. The number of benzene rings is 2. The summed E-state index contributed by atoms with van der Waals surface area (Å²) < 4.78 is 16.3. The van der Waals surface area contributed by atoms with Crippen LogP contribution in [0.3, 0.4) is 0 Å². The van der Waals surface area contributed by atoms with Gasteiger partial charge in [-0.3, -0.25) is 9.69 Å². The summed E-state index contributed by atoms with van der Waals surface area (Å²) in [6.07, 6.45) is 4.46. The molecular weight excluding hydrogens is 418 g/mol. The van der Waals surface area contributed by atoms with Crippen LogP contribution >= 0.6 is 0 Å². The quantitative estimate of drug-likeness (QED) is 0.531. The van der Waals surface area contributed by atoms with Crippen molar-refractivity contribution >= 4 is 5.91 Å². The maximum atomic E-state index is 12.5. The van der Waals surface area contributed by atoms with E-state index in [4.69, 9.17) is 13.9 Å². The lowest BCUT2D eigenvalue weighted by atomic mass is 10.0. The Morgan fingerprint density at radius 1 is 1.09 bits per heavy atom. The van der Waals surface area contributed by atoms with E-state index < -0.39 is 0 Å². The molecule has 0 aliphatic carbocycles. The van der Waals surface area contributed by atoms with E-state index >= 15 is 0 Å². The van der Waals surface area contributed by atoms with E-state index in [-0.39, 0.29) is 11.9 Å². The Kier molecular flexibility index (Phi) is 7.62. The molecule has 0 unspecified atom stereocenters.